The maximum absolute atomic E-state index is 13.4. The van der Waals surface area contributed by atoms with Crippen LogP contribution in [0.4, 0.5) is 4.79 Å². The first-order valence-electron chi connectivity index (χ1n) is 18.7. The lowest BCUT2D eigenvalue weighted by Gasteiger charge is -2.36. The Labute approximate surface area is 320 Å². The van der Waals surface area contributed by atoms with Crippen molar-refractivity contribution in [2.75, 3.05) is 13.1 Å². The number of H-pyrrole nitrogens is 1. The number of rotatable bonds is 8. The summed E-state index contributed by atoms with van der Waals surface area (Å²) in [6.45, 7) is 15.2. The smallest absolute Gasteiger partial charge is 0.315 e. The van der Waals surface area contributed by atoms with Gasteiger partial charge in [-0.3, -0.25) is 28.7 Å². The predicted octanol–water partition coefficient (Wildman–Crippen LogP) is 3.95. The third-order valence-corrected chi connectivity index (χ3v) is 10.2. The zero-order chi connectivity index (χ0) is 40.0. The molecule has 4 heterocycles. The summed E-state index contributed by atoms with van der Waals surface area (Å²) in [4.78, 5) is 82.7. The van der Waals surface area contributed by atoms with Gasteiger partial charge in [0.2, 0.25) is 17.6 Å². The fourth-order valence-corrected chi connectivity index (χ4v) is 6.65. The number of carbonyl (C=O) groups excluding carboxylic acids is 5. The standard InChI is InChI=1S/C22H37N5O5.C11H10N4OS.C5H10/c1-21(2,3)16(25-20(32)26-22(4,5)6)19(31)27-11-7-8-14(27)17(29)23-12-15(28)18(30)24-13-9-10-13;1-6-5-8(15(2)14-6)10-12-7-3-4-17-9(7)11(16)13-10;1-5-3-2-4-5/h13-14,16H,7-12H2,1-6H3,(H,23,29)(H,24,30)(H2,25,26,32);3-5H,1-2H3,(H,12,13,16);5H,2-4H2,1H3/t14?,16-;;/m1../s1. The van der Waals surface area contributed by atoms with Crippen molar-refractivity contribution in [3.8, 4) is 11.5 Å². The summed E-state index contributed by atoms with van der Waals surface area (Å²) in [5, 5.41) is 16.7. The third kappa shape index (κ3) is 12.0. The van der Waals surface area contributed by atoms with Gasteiger partial charge < -0.3 is 31.2 Å². The second kappa shape index (κ2) is 17.7. The molecule has 296 valence electrons. The molecule has 1 aliphatic heterocycles. The Morgan fingerprint density at radius 3 is 2.22 bits per heavy atom. The molecule has 2 saturated carbocycles. The van der Waals surface area contributed by atoms with E-state index in [4.69, 9.17) is 0 Å². The number of carbonyl (C=O) groups is 5. The van der Waals surface area contributed by atoms with E-state index >= 15 is 0 Å². The van der Waals surface area contributed by atoms with E-state index in [0.29, 0.717) is 29.9 Å². The van der Waals surface area contributed by atoms with Gasteiger partial charge in [-0.25, -0.2) is 9.78 Å². The van der Waals surface area contributed by atoms with Gasteiger partial charge in [0.1, 0.15) is 22.5 Å². The van der Waals surface area contributed by atoms with Gasteiger partial charge in [0, 0.05) is 25.2 Å². The Morgan fingerprint density at radius 2 is 1.69 bits per heavy atom. The number of urea groups is 1. The highest BCUT2D eigenvalue weighted by atomic mass is 32.1. The topological polar surface area (TPSA) is 200 Å². The van der Waals surface area contributed by atoms with Gasteiger partial charge in [0.15, 0.2) is 5.82 Å². The number of aromatic amines is 1. The predicted molar refractivity (Wildman–Crippen MR) is 209 cm³/mol. The zero-order valence-corrected chi connectivity index (χ0v) is 33.9. The fourth-order valence-electron chi connectivity index (χ4n) is 5.92. The Balaban J connectivity index is 0.000000241. The lowest BCUT2D eigenvalue weighted by Crippen LogP contribution is -2.60. The normalized spacial score (nSPS) is 17.6. The number of amides is 5. The van der Waals surface area contributed by atoms with Crippen LogP contribution in [0.3, 0.4) is 0 Å². The van der Waals surface area contributed by atoms with Crippen molar-refractivity contribution in [1.29, 1.82) is 0 Å². The van der Waals surface area contributed by atoms with Gasteiger partial charge in [0.25, 0.3) is 11.5 Å². The molecule has 5 amide bonds. The Hall–Kier alpha value is -4.60. The lowest BCUT2D eigenvalue weighted by atomic mass is 9.85. The van der Waals surface area contributed by atoms with Crippen molar-refractivity contribution in [1.82, 2.24) is 45.9 Å². The second-order valence-corrected chi connectivity index (χ2v) is 17.5. The van der Waals surface area contributed by atoms with Crippen LogP contribution in [0.1, 0.15) is 99.1 Å². The molecule has 15 nitrogen and oxygen atoms in total. The summed E-state index contributed by atoms with van der Waals surface area (Å²) in [6.07, 6.45) is 7.26. The van der Waals surface area contributed by atoms with Crippen LogP contribution in [0.25, 0.3) is 21.7 Å². The van der Waals surface area contributed by atoms with E-state index in [-0.39, 0.29) is 17.5 Å². The quantitative estimate of drug-likeness (QED) is 0.212. The SMILES string of the molecule is CC(C)(C)NC(=O)N[C@H](C(=O)N1CCCC1C(=O)NCC(=O)C(=O)NC1CC1)C(C)(C)C.CC1CCC1.Cc1cc(-c2nc3ccsc3c(=O)[nH]2)n(C)n1. The van der Waals surface area contributed by atoms with Gasteiger partial charge >= 0.3 is 6.03 Å². The molecule has 2 aliphatic carbocycles. The second-order valence-electron chi connectivity index (χ2n) is 16.6. The highest BCUT2D eigenvalue weighted by Crippen LogP contribution is 2.27. The van der Waals surface area contributed by atoms with E-state index < -0.39 is 53.2 Å². The molecule has 3 aliphatic rings. The van der Waals surface area contributed by atoms with Gasteiger partial charge in [-0.1, -0.05) is 47.0 Å². The molecule has 1 unspecified atom stereocenters. The first-order valence-corrected chi connectivity index (χ1v) is 19.6. The van der Waals surface area contributed by atoms with Crippen molar-refractivity contribution in [3.63, 3.8) is 0 Å². The maximum atomic E-state index is 13.4. The molecule has 0 radical (unpaired) electrons. The summed E-state index contributed by atoms with van der Waals surface area (Å²) >= 11 is 1.40. The van der Waals surface area contributed by atoms with Crippen LogP contribution in [0.15, 0.2) is 22.3 Å². The molecule has 5 N–H and O–H groups in total. The number of fused-ring (bicyclic) bond motifs is 1. The van der Waals surface area contributed by atoms with Gasteiger partial charge in [0.05, 0.1) is 17.8 Å². The number of nitrogens with one attached hydrogen (secondary N) is 5. The van der Waals surface area contributed by atoms with Crippen LogP contribution in [-0.2, 0) is 26.2 Å². The van der Waals surface area contributed by atoms with E-state index in [1.54, 1.807) is 4.68 Å². The molecule has 3 aromatic heterocycles. The monoisotopic (exact) mass is 767 g/mol. The summed E-state index contributed by atoms with van der Waals surface area (Å²) in [5.41, 5.74) is 1.28. The van der Waals surface area contributed by atoms with Crippen LogP contribution in [0.2, 0.25) is 0 Å². The van der Waals surface area contributed by atoms with E-state index in [9.17, 15) is 28.8 Å². The number of Topliss-reactive ketones (excluding diaryl/α,β-unsaturated/α-hetero) is 1. The fraction of sp³-hybridized carbons (Fsp3) is 0.632. The Kier molecular flexibility index (Phi) is 13.8. The molecule has 0 bridgehead atoms. The molecular formula is C38H57N9O6S. The molecule has 3 aromatic rings. The first-order chi connectivity index (χ1) is 25.2. The minimum Gasteiger partial charge on any atom is -0.347 e. The molecule has 2 atom stereocenters. The number of thiophene rings is 1. The minimum atomic E-state index is -0.843. The largest absolute Gasteiger partial charge is 0.347 e. The summed E-state index contributed by atoms with van der Waals surface area (Å²) in [5.74, 6) is -0.616. The third-order valence-electron chi connectivity index (χ3n) is 9.26. The minimum absolute atomic E-state index is 0.0578. The van der Waals surface area contributed by atoms with Crippen LogP contribution in [0, 0.1) is 18.3 Å². The highest BCUT2D eigenvalue weighted by molar-refractivity contribution is 7.17. The van der Waals surface area contributed by atoms with Crippen LogP contribution in [0.5, 0.6) is 0 Å². The van der Waals surface area contributed by atoms with Crippen molar-refractivity contribution in [2.24, 2.45) is 18.4 Å². The number of aryl methyl sites for hydroxylation is 2. The molecule has 16 heteroatoms. The molecule has 3 fully saturated rings. The van der Waals surface area contributed by atoms with E-state index in [1.165, 1.54) is 35.5 Å². The van der Waals surface area contributed by atoms with Crippen LogP contribution in [-0.4, -0.2) is 90.9 Å². The average Bonchev–Trinajstić information content (AvgIpc) is 3.40. The highest BCUT2D eigenvalue weighted by Gasteiger charge is 2.42. The number of likely N-dealkylation sites (tertiary alicyclic amines) is 1. The molecule has 54 heavy (non-hydrogen) atoms. The number of ketones is 1. The maximum Gasteiger partial charge on any atom is 0.315 e. The van der Waals surface area contributed by atoms with Crippen molar-refractivity contribution in [2.45, 2.75) is 124 Å². The number of aromatic nitrogens is 4. The van der Waals surface area contributed by atoms with Crippen molar-refractivity contribution in [3.05, 3.63) is 33.6 Å². The Morgan fingerprint density at radius 1 is 1.02 bits per heavy atom. The Bertz CT molecular complexity index is 1880. The first kappa shape index (κ1) is 42.1. The molecule has 1 saturated heterocycles. The molecule has 0 aromatic carbocycles. The molecule has 6 rings (SSSR count). The van der Waals surface area contributed by atoms with Crippen molar-refractivity contribution < 1.29 is 24.0 Å². The molecule has 0 spiro atoms. The summed E-state index contributed by atoms with van der Waals surface area (Å²) in [6, 6.07) is 1.75. The van der Waals surface area contributed by atoms with Gasteiger partial charge in [-0.2, -0.15) is 5.10 Å². The van der Waals surface area contributed by atoms with E-state index in [2.05, 4.69) is 43.3 Å². The molecular weight excluding hydrogens is 711 g/mol. The zero-order valence-electron chi connectivity index (χ0n) is 33.1. The van der Waals surface area contributed by atoms with Crippen LogP contribution >= 0.6 is 11.3 Å². The van der Waals surface area contributed by atoms with E-state index in [0.717, 1.165) is 35.7 Å². The van der Waals surface area contributed by atoms with Gasteiger partial charge in [-0.15, -0.1) is 11.3 Å². The lowest BCUT2D eigenvalue weighted by molar-refractivity contribution is -0.142. The number of hydrogen-bond acceptors (Lipinski definition) is 9. The average molecular weight is 768 g/mol. The van der Waals surface area contributed by atoms with E-state index in [1.807, 2.05) is 73.0 Å². The summed E-state index contributed by atoms with van der Waals surface area (Å²) in [7, 11) is 1.83. The summed E-state index contributed by atoms with van der Waals surface area (Å²) < 4.78 is 2.37. The number of nitrogens with zero attached hydrogens (tertiary/aromatic N) is 4. The van der Waals surface area contributed by atoms with Gasteiger partial charge in [-0.05, 0) is 82.2 Å². The number of hydrogen-bond donors (Lipinski definition) is 5. The van der Waals surface area contributed by atoms with Crippen molar-refractivity contribution >= 4 is 51.1 Å². The van der Waals surface area contributed by atoms with Crippen LogP contribution < -0.4 is 26.8 Å².